The first kappa shape index (κ1) is 15.1. The SMILES string of the molecule is CC(=O)N1CC(C(=O)Nc2ccc(C3CCCCC3)cc2)C1. The average Bonchev–Trinajstić information content (AvgIpc) is 2.47. The number of carbonyl (C=O) groups excluding carboxylic acids is 2. The topological polar surface area (TPSA) is 49.4 Å². The van der Waals surface area contributed by atoms with Gasteiger partial charge >= 0.3 is 0 Å². The van der Waals surface area contributed by atoms with Crippen molar-refractivity contribution in [2.45, 2.75) is 44.9 Å². The maximum Gasteiger partial charge on any atom is 0.231 e. The number of benzene rings is 1. The number of rotatable bonds is 3. The zero-order valence-electron chi connectivity index (χ0n) is 13.2. The summed E-state index contributed by atoms with van der Waals surface area (Å²) in [5.41, 5.74) is 2.25. The molecular formula is C18H24N2O2. The number of hydrogen-bond donors (Lipinski definition) is 1. The molecule has 1 heterocycles. The van der Waals surface area contributed by atoms with Gasteiger partial charge in [0, 0.05) is 25.7 Å². The molecule has 2 fully saturated rings. The normalized spacial score (nSPS) is 19.6. The van der Waals surface area contributed by atoms with Crippen LogP contribution < -0.4 is 5.32 Å². The van der Waals surface area contributed by atoms with Crippen LogP contribution in [-0.4, -0.2) is 29.8 Å². The fourth-order valence-electron chi connectivity index (χ4n) is 3.42. The van der Waals surface area contributed by atoms with Gasteiger partial charge in [0.25, 0.3) is 0 Å². The molecule has 0 bridgehead atoms. The Kier molecular flexibility index (Phi) is 4.46. The van der Waals surface area contributed by atoms with E-state index in [-0.39, 0.29) is 17.7 Å². The molecule has 1 aromatic carbocycles. The van der Waals surface area contributed by atoms with E-state index in [1.807, 2.05) is 12.1 Å². The van der Waals surface area contributed by atoms with E-state index in [4.69, 9.17) is 0 Å². The summed E-state index contributed by atoms with van der Waals surface area (Å²) in [5.74, 6) is 0.681. The minimum Gasteiger partial charge on any atom is -0.341 e. The maximum absolute atomic E-state index is 12.1. The van der Waals surface area contributed by atoms with Crippen LogP contribution in [0.1, 0.15) is 50.5 Å². The van der Waals surface area contributed by atoms with Crippen LogP contribution in [0.15, 0.2) is 24.3 Å². The van der Waals surface area contributed by atoms with Gasteiger partial charge in [0.15, 0.2) is 0 Å². The number of anilines is 1. The van der Waals surface area contributed by atoms with Gasteiger partial charge in [0.1, 0.15) is 0 Å². The standard InChI is InChI=1S/C18H24N2O2/c1-13(21)20-11-16(12-20)18(22)19-17-9-7-15(8-10-17)14-5-3-2-4-6-14/h7-10,14,16H,2-6,11-12H2,1H3,(H,19,22). The molecule has 2 aliphatic rings. The first-order valence-electron chi connectivity index (χ1n) is 8.30. The number of likely N-dealkylation sites (tertiary alicyclic amines) is 1. The van der Waals surface area contributed by atoms with E-state index < -0.39 is 0 Å². The summed E-state index contributed by atoms with van der Waals surface area (Å²) in [4.78, 5) is 24.9. The molecule has 0 spiro atoms. The van der Waals surface area contributed by atoms with E-state index in [1.54, 1.807) is 4.90 Å². The molecular weight excluding hydrogens is 276 g/mol. The van der Waals surface area contributed by atoms with Gasteiger partial charge < -0.3 is 10.2 Å². The molecule has 4 nitrogen and oxygen atoms in total. The molecule has 0 aromatic heterocycles. The number of nitrogens with zero attached hydrogens (tertiary/aromatic N) is 1. The van der Waals surface area contributed by atoms with Crippen molar-refractivity contribution in [1.82, 2.24) is 4.90 Å². The van der Waals surface area contributed by atoms with Crippen LogP contribution in [0.3, 0.4) is 0 Å². The molecule has 1 aliphatic heterocycles. The van der Waals surface area contributed by atoms with Gasteiger partial charge in [-0.05, 0) is 36.5 Å². The molecule has 1 aliphatic carbocycles. The smallest absolute Gasteiger partial charge is 0.231 e. The van der Waals surface area contributed by atoms with Crippen molar-refractivity contribution in [3.05, 3.63) is 29.8 Å². The Bertz CT molecular complexity index is 541. The van der Waals surface area contributed by atoms with Crippen LogP contribution in [0.25, 0.3) is 0 Å². The highest BCUT2D eigenvalue weighted by Gasteiger charge is 2.34. The zero-order valence-corrected chi connectivity index (χ0v) is 13.2. The third-order valence-corrected chi connectivity index (χ3v) is 4.95. The summed E-state index contributed by atoms with van der Waals surface area (Å²) in [6.45, 7) is 2.63. The molecule has 0 radical (unpaired) electrons. The summed E-state index contributed by atoms with van der Waals surface area (Å²) >= 11 is 0. The van der Waals surface area contributed by atoms with Gasteiger partial charge in [-0.15, -0.1) is 0 Å². The van der Waals surface area contributed by atoms with Crippen molar-refractivity contribution < 1.29 is 9.59 Å². The van der Waals surface area contributed by atoms with Crippen LogP contribution in [0.2, 0.25) is 0 Å². The van der Waals surface area contributed by atoms with Crippen LogP contribution in [-0.2, 0) is 9.59 Å². The summed E-state index contributed by atoms with van der Waals surface area (Å²) in [6, 6.07) is 8.30. The first-order valence-corrected chi connectivity index (χ1v) is 8.30. The zero-order chi connectivity index (χ0) is 15.5. The molecule has 3 rings (SSSR count). The lowest BCUT2D eigenvalue weighted by molar-refractivity contribution is -0.139. The second-order valence-electron chi connectivity index (χ2n) is 6.57. The molecule has 1 saturated carbocycles. The quantitative estimate of drug-likeness (QED) is 0.932. The van der Waals surface area contributed by atoms with Crippen LogP contribution in [0.4, 0.5) is 5.69 Å². The minimum absolute atomic E-state index is 0.0166. The third-order valence-electron chi connectivity index (χ3n) is 4.95. The summed E-state index contributed by atoms with van der Waals surface area (Å²) in [7, 11) is 0. The van der Waals surface area contributed by atoms with Gasteiger partial charge in [-0.2, -0.15) is 0 Å². The van der Waals surface area contributed by atoms with E-state index >= 15 is 0 Å². The van der Waals surface area contributed by atoms with E-state index in [9.17, 15) is 9.59 Å². The highest BCUT2D eigenvalue weighted by atomic mass is 16.2. The lowest BCUT2D eigenvalue weighted by atomic mass is 9.84. The average molecular weight is 300 g/mol. The Labute approximate surface area is 131 Å². The Morgan fingerprint density at radius 1 is 1.05 bits per heavy atom. The fourth-order valence-corrected chi connectivity index (χ4v) is 3.42. The van der Waals surface area contributed by atoms with E-state index in [1.165, 1.54) is 44.6 Å². The maximum atomic E-state index is 12.1. The monoisotopic (exact) mass is 300 g/mol. The van der Waals surface area contributed by atoms with Crippen molar-refractivity contribution >= 4 is 17.5 Å². The van der Waals surface area contributed by atoms with E-state index in [0.29, 0.717) is 19.0 Å². The molecule has 1 N–H and O–H groups in total. The van der Waals surface area contributed by atoms with Crippen LogP contribution in [0, 0.1) is 5.92 Å². The highest BCUT2D eigenvalue weighted by Crippen LogP contribution is 2.33. The minimum atomic E-state index is -0.0677. The first-order chi connectivity index (χ1) is 10.6. The van der Waals surface area contributed by atoms with Crippen molar-refractivity contribution in [3.63, 3.8) is 0 Å². The Morgan fingerprint density at radius 3 is 2.27 bits per heavy atom. The van der Waals surface area contributed by atoms with Crippen molar-refractivity contribution in [3.8, 4) is 0 Å². The summed E-state index contributed by atoms with van der Waals surface area (Å²) in [5, 5.41) is 2.96. The van der Waals surface area contributed by atoms with Crippen LogP contribution >= 0.6 is 0 Å². The van der Waals surface area contributed by atoms with Gasteiger partial charge in [-0.25, -0.2) is 0 Å². The third kappa shape index (κ3) is 3.32. The molecule has 1 aromatic rings. The number of amides is 2. The molecule has 0 atom stereocenters. The molecule has 0 unspecified atom stereocenters. The van der Waals surface area contributed by atoms with Gasteiger partial charge in [0.2, 0.25) is 11.8 Å². The Balaban J connectivity index is 1.53. The van der Waals surface area contributed by atoms with E-state index in [2.05, 4.69) is 17.4 Å². The fraction of sp³-hybridized carbons (Fsp3) is 0.556. The molecule has 118 valence electrons. The largest absolute Gasteiger partial charge is 0.341 e. The summed E-state index contributed by atoms with van der Waals surface area (Å²) in [6.07, 6.45) is 6.60. The summed E-state index contributed by atoms with van der Waals surface area (Å²) < 4.78 is 0. The lowest BCUT2D eigenvalue weighted by Crippen LogP contribution is -2.53. The second-order valence-corrected chi connectivity index (χ2v) is 6.57. The van der Waals surface area contributed by atoms with Gasteiger partial charge in [-0.1, -0.05) is 31.4 Å². The number of carbonyl (C=O) groups is 2. The number of hydrogen-bond acceptors (Lipinski definition) is 2. The second kappa shape index (κ2) is 6.51. The van der Waals surface area contributed by atoms with Gasteiger partial charge in [0.05, 0.1) is 5.92 Å². The predicted molar refractivity (Wildman–Crippen MR) is 86.6 cm³/mol. The van der Waals surface area contributed by atoms with Crippen molar-refractivity contribution in [2.75, 3.05) is 18.4 Å². The molecule has 2 amide bonds. The number of nitrogens with one attached hydrogen (secondary N) is 1. The lowest BCUT2D eigenvalue weighted by Gasteiger charge is -2.37. The van der Waals surface area contributed by atoms with Crippen molar-refractivity contribution in [1.29, 1.82) is 0 Å². The highest BCUT2D eigenvalue weighted by molar-refractivity contribution is 5.94. The van der Waals surface area contributed by atoms with E-state index in [0.717, 1.165) is 5.69 Å². The Morgan fingerprint density at radius 2 is 1.68 bits per heavy atom. The molecule has 1 saturated heterocycles. The molecule has 22 heavy (non-hydrogen) atoms. The predicted octanol–water partition coefficient (Wildman–Crippen LogP) is 3.15. The van der Waals surface area contributed by atoms with Crippen molar-refractivity contribution in [2.24, 2.45) is 5.92 Å². The van der Waals surface area contributed by atoms with Crippen LogP contribution in [0.5, 0.6) is 0 Å². The Hall–Kier alpha value is -1.84. The van der Waals surface area contributed by atoms with Gasteiger partial charge in [-0.3, -0.25) is 9.59 Å². The molecule has 4 heteroatoms.